The minimum atomic E-state index is -0.703. The predicted octanol–water partition coefficient (Wildman–Crippen LogP) is 1.14. The summed E-state index contributed by atoms with van der Waals surface area (Å²) in [5.74, 6) is 0.365. The van der Waals surface area contributed by atoms with Crippen molar-refractivity contribution in [1.29, 1.82) is 0 Å². The number of hydrogen-bond acceptors (Lipinski definition) is 3. The largest absolute Gasteiger partial charge is 0.342 e. The van der Waals surface area contributed by atoms with E-state index in [9.17, 15) is 9.59 Å². The van der Waals surface area contributed by atoms with Crippen molar-refractivity contribution in [2.24, 2.45) is 5.92 Å². The van der Waals surface area contributed by atoms with Crippen molar-refractivity contribution in [3.05, 3.63) is 30.1 Å². The molecule has 5 heteroatoms. The first-order chi connectivity index (χ1) is 10.1. The highest BCUT2D eigenvalue weighted by Gasteiger charge is 2.50. The van der Waals surface area contributed by atoms with Crippen LogP contribution in [-0.2, 0) is 16.0 Å². The van der Waals surface area contributed by atoms with E-state index in [1.54, 1.807) is 12.4 Å². The SMILES string of the molecule is CC1(C2CC2)NC(=O)CCN(CCc2ccncc2)C1=O. The number of nitrogens with one attached hydrogen (secondary N) is 1. The maximum absolute atomic E-state index is 12.8. The maximum Gasteiger partial charge on any atom is 0.248 e. The zero-order valence-corrected chi connectivity index (χ0v) is 12.3. The van der Waals surface area contributed by atoms with Gasteiger partial charge in [-0.3, -0.25) is 14.6 Å². The van der Waals surface area contributed by atoms with Gasteiger partial charge in [0.05, 0.1) is 0 Å². The molecule has 5 nitrogen and oxygen atoms in total. The van der Waals surface area contributed by atoms with Gasteiger partial charge >= 0.3 is 0 Å². The van der Waals surface area contributed by atoms with Gasteiger partial charge in [0.15, 0.2) is 0 Å². The Labute approximate surface area is 124 Å². The summed E-state index contributed by atoms with van der Waals surface area (Å²) in [6, 6.07) is 3.93. The van der Waals surface area contributed by atoms with Crippen LogP contribution in [0.15, 0.2) is 24.5 Å². The number of carbonyl (C=O) groups excluding carboxylic acids is 2. The number of amides is 2. The monoisotopic (exact) mass is 287 g/mol. The van der Waals surface area contributed by atoms with Crippen molar-refractivity contribution in [3.63, 3.8) is 0 Å². The van der Waals surface area contributed by atoms with Gasteiger partial charge in [-0.1, -0.05) is 0 Å². The summed E-state index contributed by atoms with van der Waals surface area (Å²) in [6.07, 6.45) is 6.77. The first kappa shape index (κ1) is 14.0. The van der Waals surface area contributed by atoms with Gasteiger partial charge in [0, 0.05) is 31.9 Å². The fourth-order valence-electron chi connectivity index (χ4n) is 3.04. The molecule has 1 aromatic rings. The number of pyridine rings is 1. The highest BCUT2D eigenvalue weighted by Crippen LogP contribution is 2.41. The van der Waals surface area contributed by atoms with Crippen molar-refractivity contribution in [1.82, 2.24) is 15.2 Å². The summed E-state index contributed by atoms with van der Waals surface area (Å²) in [5, 5.41) is 2.95. The summed E-state index contributed by atoms with van der Waals surface area (Å²) in [6.45, 7) is 3.05. The lowest BCUT2D eigenvalue weighted by molar-refractivity contribution is -0.139. The lowest BCUT2D eigenvalue weighted by Gasteiger charge is -2.32. The van der Waals surface area contributed by atoms with Gasteiger partial charge in [-0.25, -0.2) is 0 Å². The maximum atomic E-state index is 12.8. The van der Waals surface area contributed by atoms with Crippen molar-refractivity contribution in [2.45, 2.75) is 38.1 Å². The Morgan fingerprint density at radius 3 is 2.71 bits per heavy atom. The molecule has 1 aliphatic heterocycles. The second-order valence-corrected chi connectivity index (χ2v) is 6.17. The Bertz CT molecular complexity index is 542. The van der Waals surface area contributed by atoms with Crippen LogP contribution in [0.3, 0.4) is 0 Å². The summed E-state index contributed by atoms with van der Waals surface area (Å²) in [4.78, 5) is 30.6. The van der Waals surface area contributed by atoms with Gasteiger partial charge in [0.1, 0.15) is 5.54 Å². The van der Waals surface area contributed by atoms with Crippen LogP contribution in [0.1, 0.15) is 31.7 Å². The Kier molecular flexibility index (Phi) is 3.66. The van der Waals surface area contributed by atoms with Crippen LogP contribution in [-0.4, -0.2) is 40.3 Å². The van der Waals surface area contributed by atoms with Crippen molar-refractivity contribution in [2.75, 3.05) is 13.1 Å². The van der Waals surface area contributed by atoms with Crippen LogP contribution < -0.4 is 5.32 Å². The summed E-state index contributed by atoms with van der Waals surface area (Å²) >= 11 is 0. The summed E-state index contributed by atoms with van der Waals surface area (Å²) in [7, 11) is 0. The van der Waals surface area contributed by atoms with Gasteiger partial charge in [0.2, 0.25) is 11.8 Å². The van der Waals surface area contributed by atoms with Gasteiger partial charge in [-0.2, -0.15) is 0 Å². The number of hydrogen-bond donors (Lipinski definition) is 1. The zero-order valence-electron chi connectivity index (χ0n) is 12.3. The van der Waals surface area contributed by atoms with E-state index in [0.717, 1.165) is 24.8 Å². The third-order valence-electron chi connectivity index (χ3n) is 4.55. The highest BCUT2D eigenvalue weighted by molar-refractivity contribution is 5.93. The average Bonchev–Trinajstić information content (AvgIpc) is 3.32. The van der Waals surface area contributed by atoms with E-state index >= 15 is 0 Å². The Hall–Kier alpha value is -1.91. The smallest absolute Gasteiger partial charge is 0.248 e. The number of aromatic nitrogens is 1. The van der Waals surface area contributed by atoms with Crippen LogP contribution in [0.4, 0.5) is 0 Å². The van der Waals surface area contributed by atoms with E-state index in [0.29, 0.717) is 25.4 Å². The predicted molar refractivity (Wildman–Crippen MR) is 78.4 cm³/mol. The molecule has 0 spiro atoms. The molecule has 1 N–H and O–H groups in total. The van der Waals surface area contributed by atoms with E-state index in [1.807, 2.05) is 24.0 Å². The molecule has 2 fully saturated rings. The molecule has 0 bridgehead atoms. The van der Waals surface area contributed by atoms with Crippen LogP contribution in [0.2, 0.25) is 0 Å². The topological polar surface area (TPSA) is 62.3 Å². The van der Waals surface area contributed by atoms with E-state index in [2.05, 4.69) is 10.3 Å². The van der Waals surface area contributed by atoms with Gasteiger partial charge in [0.25, 0.3) is 0 Å². The lowest BCUT2D eigenvalue weighted by atomic mass is 9.94. The summed E-state index contributed by atoms with van der Waals surface area (Å²) < 4.78 is 0. The Morgan fingerprint density at radius 1 is 1.33 bits per heavy atom. The molecule has 0 aromatic carbocycles. The van der Waals surface area contributed by atoms with Gasteiger partial charge < -0.3 is 10.2 Å². The molecule has 1 saturated carbocycles. The Morgan fingerprint density at radius 2 is 2.05 bits per heavy atom. The third kappa shape index (κ3) is 2.91. The minimum absolute atomic E-state index is 0.0100. The molecule has 3 rings (SSSR count). The molecule has 2 heterocycles. The highest BCUT2D eigenvalue weighted by atomic mass is 16.2. The number of nitrogens with zero attached hydrogens (tertiary/aromatic N) is 2. The lowest BCUT2D eigenvalue weighted by Crippen LogP contribution is -2.56. The molecule has 1 unspecified atom stereocenters. The number of rotatable bonds is 4. The molecule has 1 atom stereocenters. The molecule has 2 amide bonds. The molecular weight excluding hydrogens is 266 g/mol. The fraction of sp³-hybridized carbons (Fsp3) is 0.562. The molecule has 1 aliphatic carbocycles. The average molecular weight is 287 g/mol. The molecule has 1 aromatic heterocycles. The molecule has 21 heavy (non-hydrogen) atoms. The van der Waals surface area contributed by atoms with E-state index in [4.69, 9.17) is 0 Å². The van der Waals surface area contributed by atoms with Crippen molar-refractivity contribution >= 4 is 11.8 Å². The van der Waals surface area contributed by atoms with Crippen LogP contribution in [0, 0.1) is 5.92 Å². The third-order valence-corrected chi connectivity index (χ3v) is 4.55. The normalized spacial score (nSPS) is 26.4. The molecular formula is C16H21N3O2. The molecule has 0 radical (unpaired) electrons. The van der Waals surface area contributed by atoms with Crippen molar-refractivity contribution in [3.8, 4) is 0 Å². The molecule has 1 saturated heterocycles. The molecule has 112 valence electrons. The van der Waals surface area contributed by atoms with Gasteiger partial charge in [-0.15, -0.1) is 0 Å². The van der Waals surface area contributed by atoms with Crippen LogP contribution >= 0.6 is 0 Å². The summed E-state index contributed by atoms with van der Waals surface area (Å²) in [5.41, 5.74) is 0.459. The first-order valence-corrected chi connectivity index (χ1v) is 7.59. The van der Waals surface area contributed by atoms with Crippen LogP contribution in [0.5, 0.6) is 0 Å². The minimum Gasteiger partial charge on any atom is -0.342 e. The van der Waals surface area contributed by atoms with E-state index in [-0.39, 0.29) is 11.8 Å². The fourth-order valence-corrected chi connectivity index (χ4v) is 3.04. The van der Waals surface area contributed by atoms with Crippen LogP contribution in [0.25, 0.3) is 0 Å². The number of carbonyl (C=O) groups is 2. The zero-order chi connectivity index (χ0) is 14.9. The Balaban J connectivity index is 1.71. The van der Waals surface area contributed by atoms with E-state index < -0.39 is 5.54 Å². The quantitative estimate of drug-likeness (QED) is 0.903. The van der Waals surface area contributed by atoms with Crippen molar-refractivity contribution < 1.29 is 9.59 Å². The first-order valence-electron chi connectivity index (χ1n) is 7.59. The van der Waals surface area contributed by atoms with E-state index in [1.165, 1.54) is 0 Å². The van der Waals surface area contributed by atoms with Gasteiger partial charge in [-0.05, 0) is 49.8 Å². The molecule has 2 aliphatic rings. The second kappa shape index (κ2) is 5.47. The second-order valence-electron chi connectivity index (χ2n) is 6.17. The standard InChI is InChI=1S/C16H21N3O2/c1-16(13-2-3-13)15(21)19(11-7-14(20)18-16)10-6-12-4-8-17-9-5-12/h4-5,8-9,13H,2-3,6-7,10-11H2,1H3,(H,18,20).